The maximum absolute atomic E-state index is 13.6. The zero-order valence-electron chi connectivity index (χ0n) is 16.2. The van der Waals surface area contributed by atoms with E-state index in [0.29, 0.717) is 17.2 Å². The van der Waals surface area contributed by atoms with E-state index in [4.69, 9.17) is 16.3 Å². The maximum Gasteiger partial charge on any atom is 0.416 e. The molecule has 0 radical (unpaired) electrons. The number of anilines is 1. The summed E-state index contributed by atoms with van der Waals surface area (Å²) in [6.07, 6.45) is -3.93. The van der Waals surface area contributed by atoms with Gasteiger partial charge < -0.3 is 4.74 Å². The Morgan fingerprint density at radius 3 is 2.61 bits per heavy atom. The Hall–Kier alpha value is -3.14. The van der Waals surface area contributed by atoms with E-state index in [2.05, 4.69) is 9.97 Å². The van der Waals surface area contributed by atoms with Crippen LogP contribution < -0.4 is 4.90 Å². The van der Waals surface area contributed by atoms with Gasteiger partial charge in [0.2, 0.25) is 0 Å². The number of carbonyl (C=O) groups excluding carboxylic acids is 1. The summed E-state index contributed by atoms with van der Waals surface area (Å²) >= 11 is 5.91. The summed E-state index contributed by atoms with van der Waals surface area (Å²) in [6.45, 7) is 2.99. The van der Waals surface area contributed by atoms with Crippen molar-refractivity contribution < 1.29 is 27.1 Å². The standard InChI is InChI=1S/C20H15ClF4N4O2/c1-10-5-12(20(23,24)25)6-17(27-10)29-16(9-31-19(29)30)18-26-8-11(2)28(18)13-3-4-15(22)14(21)7-13/h3-8,16H,9H2,1-2H3. The highest BCUT2D eigenvalue weighted by atomic mass is 35.5. The number of cyclic esters (lactones) is 1. The largest absolute Gasteiger partial charge is 0.446 e. The van der Waals surface area contributed by atoms with Crippen LogP contribution in [-0.4, -0.2) is 27.2 Å². The third-order valence-electron chi connectivity index (χ3n) is 4.81. The molecular weight excluding hydrogens is 440 g/mol. The van der Waals surface area contributed by atoms with Gasteiger partial charge in [0.05, 0.1) is 10.6 Å². The van der Waals surface area contributed by atoms with E-state index >= 15 is 0 Å². The fourth-order valence-corrected chi connectivity index (χ4v) is 3.63. The third kappa shape index (κ3) is 3.83. The van der Waals surface area contributed by atoms with Crippen molar-refractivity contribution in [3.8, 4) is 5.69 Å². The monoisotopic (exact) mass is 454 g/mol. The number of imidazole rings is 1. The van der Waals surface area contributed by atoms with Crippen molar-refractivity contribution in [2.75, 3.05) is 11.5 Å². The number of alkyl halides is 3. The van der Waals surface area contributed by atoms with Crippen LogP contribution in [0.25, 0.3) is 5.69 Å². The van der Waals surface area contributed by atoms with Crippen molar-refractivity contribution in [3.05, 3.63) is 70.1 Å². The van der Waals surface area contributed by atoms with E-state index in [-0.39, 0.29) is 23.1 Å². The number of rotatable bonds is 3. The van der Waals surface area contributed by atoms with E-state index in [1.54, 1.807) is 11.5 Å². The molecule has 0 bridgehead atoms. The lowest BCUT2D eigenvalue weighted by atomic mass is 10.2. The first-order valence-electron chi connectivity index (χ1n) is 9.08. The highest BCUT2D eigenvalue weighted by molar-refractivity contribution is 6.30. The predicted molar refractivity (Wildman–Crippen MR) is 104 cm³/mol. The quantitative estimate of drug-likeness (QED) is 0.498. The van der Waals surface area contributed by atoms with Gasteiger partial charge in [0.15, 0.2) is 0 Å². The second-order valence-electron chi connectivity index (χ2n) is 7.01. The van der Waals surface area contributed by atoms with Gasteiger partial charge in [0, 0.05) is 23.3 Å². The molecular formula is C20H15ClF4N4O2. The van der Waals surface area contributed by atoms with E-state index in [9.17, 15) is 22.4 Å². The molecule has 162 valence electrons. The maximum atomic E-state index is 13.6. The smallest absolute Gasteiger partial charge is 0.416 e. The highest BCUT2D eigenvalue weighted by Gasteiger charge is 2.41. The molecule has 1 amide bonds. The van der Waals surface area contributed by atoms with Crippen LogP contribution >= 0.6 is 11.6 Å². The minimum absolute atomic E-state index is 0.0908. The fraction of sp³-hybridized carbons (Fsp3) is 0.250. The third-order valence-corrected chi connectivity index (χ3v) is 5.10. The van der Waals surface area contributed by atoms with Crippen molar-refractivity contribution in [2.24, 2.45) is 0 Å². The zero-order chi connectivity index (χ0) is 22.5. The Morgan fingerprint density at radius 1 is 1.19 bits per heavy atom. The molecule has 1 fully saturated rings. The SMILES string of the molecule is Cc1cc(C(F)(F)F)cc(N2C(=O)OCC2c2ncc(C)n2-c2ccc(F)c(Cl)c2)n1. The molecule has 0 N–H and O–H groups in total. The Morgan fingerprint density at radius 2 is 1.94 bits per heavy atom. The van der Waals surface area contributed by atoms with Crippen molar-refractivity contribution >= 4 is 23.5 Å². The number of hydrogen-bond donors (Lipinski definition) is 0. The van der Waals surface area contributed by atoms with Crippen LogP contribution in [0, 0.1) is 19.7 Å². The molecule has 1 saturated heterocycles. The number of halogens is 5. The molecule has 11 heteroatoms. The summed E-state index contributed by atoms with van der Waals surface area (Å²) in [5, 5.41) is -0.109. The van der Waals surface area contributed by atoms with Gasteiger partial charge in [0.25, 0.3) is 0 Å². The van der Waals surface area contributed by atoms with Gasteiger partial charge in [0.1, 0.15) is 30.1 Å². The number of aromatic nitrogens is 3. The number of ether oxygens (including phenoxy) is 1. The number of aryl methyl sites for hydroxylation is 2. The van der Waals surface area contributed by atoms with Gasteiger partial charge in [-0.3, -0.25) is 4.57 Å². The second kappa shape index (κ2) is 7.52. The van der Waals surface area contributed by atoms with Crippen LogP contribution in [0.3, 0.4) is 0 Å². The molecule has 1 atom stereocenters. The number of amides is 1. The number of nitrogens with zero attached hydrogens (tertiary/aromatic N) is 4. The molecule has 0 saturated carbocycles. The molecule has 31 heavy (non-hydrogen) atoms. The Labute approximate surface area is 179 Å². The van der Waals surface area contributed by atoms with Crippen molar-refractivity contribution in [3.63, 3.8) is 0 Å². The molecule has 3 aromatic rings. The summed E-state index contributed by atoms with van der Waals surface area (Å²) in [4.78, 5) is 21.9. The topological polar surface area (TPSA) is 60.3 Å². The van der Waals surface area contributed by atoms with Gasteiger partial charge in [-0.15, -0.1) is 0 Å². The molecule has 1 unspecified atom stereocenters. The van der Waals surface area contributed by atoms with Crippen LogP contribution in [0.5, 0.6) is 0 Å². The average molecular weight is 455 g/mol. The van der Waals surface area contributed by atoms with Crippen LogP contribution in [0.2, 0.25) is 5.02 Å². The Kier molecular flexibility index (Phi) is 5.12. The fourth-order valence-electron chi connectivity index (χ4n) is 3.45. The molecule has 4 rings (SSSR count). The van der Waals surface area contributed by atoms with Crippen LogP contribution in [0.4, 0.5) is 28.2 Å². The highest BCUT2D eigenvalue weighted by Crippen LogP contribution is 2.37. The summed E-state index contributed by atoms with van der Waals surface area (Å²) in [5.74, 6) is -0.499. The molecule has 2 aromatic heterocycles. The number of carbonyl (C=O) groups is 1. The number of benzene rings is 1. The zero-order valence-corrected chi connectivity index (χ0v) is 17.0. The van der Waals surface area contributed by atoms with Crippen molar-refractivity contribution in [2.45, 2.75) is 26.1 Å². The molecule has 3 heterocycles. The average Bonchev–Trinajstić information content (AvgIpc) is 3.25. The first-order chi connectivity index (χ1) is 14.6. The second-order valence-corrected chi connectivity index (χ2v) is 7.41. The van der Waals surface area contributed by atoms with E-state index in [1.165, 1.54) is 31.3 Å². The van der Waals surface area contributed by atoms with E-state index in [0.717, 1.165) is 17.0 Å². The number of hydrogen-bond acceptors (Lipinski definition) is 4. The Bertz CT molecular complexity index is 1180. The van der Waals surface area contributed by atoms with E-state index in [1.807, 2.05) is 0 Å². The van der Waals surface area contributed by atoms with Crippen LogP contribution in [0.15, 0.2) is 36.5 Å². The summed E-state index contributed by atoms with van der Waals surface area (Å²) < 4.78 is 60.2. The Balaban J connectivity index is 1.82. The van der Waals surface area contributed by atoms with Gasteiger partial charge in [-0.2, -0.15) is 13.2 Å². The van der Waals surface area contributed by atoms with Gasteiger partial charge in [-0.25, -0.2) is 24.1 Å². The predicted octanol–water partition coefficient (Wildman–Crippen LogP) is 5.39. The van der Waals surface area contributed by atoms with Crippen LogP contribution in [-0.2, 0) is 10.9 Å². The summed E-state index contributed by atoms with van der Waals surface area (Å²) in [7, 11) is 0. The lowest BCUT2D eigenvalue weighted by Gasteiger charge is -2.23. The molecule has 1 aliphatic heterocycles. The van der Waals surface area contributed by atoms with Crippen molar-refractivity contribution in [1.82, 2.24) is 14.5 Å². The van der Waals surface area contributed by atoms with Crippen molar-refractivity contribution in [1.29, 1.82) is 0 Å². The molecule has 0 spiro atoms. The van der Waals surface area contributed by atoms with Gasteiger partial charge in [-0.1, -0.05) is 11.6 Å². The minimum atomic E-state index is -4.61. The first kappa shape index (κ1) is 21.1. The molecule has 0 aliphatic carbocycles. The summed E-state index contributed by atoms with van der Waals surface area (Å²) in [5.41, 5.74) is 0.278. The molecule has 1 aliphatic rings. The lowest BCUT2D eigenvalue weighted by Crippen LogP contribution is -2.30. The van der Waals surface area contributed by atoms with E-state index < -0.39 is 29.7 Å². The normalized spacial score (nSPS) is 16.7. The van der Waals surface area contributed by atoms with Gasteiger partial charge in [-0.05, 0) is 44.2 Å². The first-order valence-corrected chi connectivity index (χ1v) is 9.45. The van der Waals surface area contributed by atoms with Crippen LogP contribution in [0.1, 0.15) is 28.8 Å². The lowest BCUT2D eigenvalue weighted by molar-refractivity contribution is -0.137. The summed E-state index contributed by atoms with van der Waals surface area (Å²) in [6, 6.07) is 4.89. The number of pyridine rings is 1. The minimum Gasteiger partial charge on any atom is -0.446 e. The molecule has 6 nitrogen and oxygen atoms in total. The van der Waals surface area contributed by atoms with Gasteiger partial charge >= 0.3 is 12.3 Å². The molecule has 1 aromatic carbocycles.